The van der Waals surface area contributed by atoms with Crippen molar-refractivity contribution < 1.29 is 22.7 Å². The Morgan fingerprint density at radius 3 is 2.69 bits per heavy atom. The Hall–Kier alpha value is -3.15. The number of nitrogens with zero attached hydrogens (tertiary/aromatic N) is 5. The normalized spacial score (nSPS) is 25.6. The third-order valence-electron chi connectivity index (χ3n) is 7.14. The second kappa shape index (κ2) is 8.21. The number of hydrogen-bond acceptors (Lipinski definition) is 8. The number of Topliss-reactive ketones (excluding diaryl/α,β-unsaturated/α-hetero) is 1. The highest BCUT2D eigenvalue weighted by atomic mass is 19.4. The lowest BCUT2D eigenvalue weighted by atomic mass is 10.1. The molecule has 1 aliphatic carbocycles. The standard InChI is InChI=1S/C23H25F3N6O3/c24-23(25,26)18-5-6-30-21(34)8-20(31-10-16-7-15(31)12-35-16)29-22(30)32(18)11-17(33)13-1-4-19(27-9-13)28-14-2-3-14/h1,4,8-9,14-16,18H,2-3,5-7,10-12H2,(H,27,28)/t15-,16-,18-/m0/s1. The van der Waals surface area contributed by atoms with Crippen LogP contribution >= 0.6 is 0 Å². The lowest BCUT2D eigenvalue weighted by Crippen LogP contribution is -2.54. The van der Waals surface area contributed by atoms with Crippen LogP contribution in [0.2, 0.25) is 0 Å². The van der Waals surface area contributed by atoms with E-state index in [0.717, 1.165) is 24.2 Å². The number of carbonyl (C=O) groups is 1. The number of aromatic nitrogens is 3. The van der Waals surface area contributed by atoms with Crippen LogP contribution in [0.1, 0.15) is 36.0 Å². The predicted molar refractivity (Wildman–Crippen MR) is 121 cm³/mol. The summed E-state index contributed by atoms with van der Waals surface area (Å²) in [7, 11) is 0. The molecule has 0 unspecified atom stereocenters. The summed E-state index contributed by atoms with van der Waals surface area (Å²) in [5, 5.41) is 3.21. The van der Waals surface area contributed by atoms with Crippen molar-refractivity contribution >= 4 is 23.4 Å². The molecule has 5 heterocycles. The predicted octanol–water partition coefficient (Wildman–Crippen LogP) is 2.21. The number of pyridine rings is 1. The van der Waals surface area contributed by atoms with Gasteiger partial charge in [-0.05, 0) is 37.8 Å². The van der Waals surface area contributed by atoms with E-state index < -0.39 is 30.1 Å². The van der Waals surface area contributed by atoms with Gasteiger partial charge in [0.15, 0.2) is 5.78 Å². The molecule has 0 aromatic carbocycles. The van der Waals surface area contributed by atoms with Gasteiger partial charge in [0.1, 0.15) is 17.7 Å². The van der Waals surface area contributed by atoms with Crippen molar-refractivity contribution in [1.82, 2.24) is 14.5 Å². The van der Waals surface area contributed by atoms with Crippen LogP contribution in [-0.2, 0) is 11.3 Å². The van der Waals surface area contributed by atoms with Crippen LogP contribution in [0.3, 0.4) is 0 Å². The van der Waals surface area contributed by atoms with Gasteiger partial charge in [-0.2, -0.15) is 18.2 Å². The molecule has 4 aliphatic rings. The summed E-state index contributed by atoms with van der Waals surface area (Å²) in [6, 6.07) is 3.09. The zero-order chi connectivity index (χ0) is 24.3. The molecule has 1 N–H and O–H groups in total. The van der Waals surface area contributed by atoms with Crippen molar-refractivity contribution in [2.45, 2.75) is 62.6 Å². The molecule has 2 aromatic heterocycles. The lowest BCUT2D eigenvalue weighted by molar-refractivity contribution is -0.152. The lowest BCUT2D eigenvalue weighted by Gasteiger charge is -2.39. The highest BCUT2D eigenvalue weighted by Crippen LogP contribution is 2.36. The number of ketones is 1. The van der Waals surface area contributed by atoms with Crippen molar-refractivity contribution in [3.63, 3.8) is 0 Å². The molecule has 1 saturated carbocycles. The minimum absolute atomic E-state index is 0.0334. The van der Waals surface area contributed by atoms with Gasteiger partial charge in [0.05, 0.1) is 25.3 Å². The number of carbonyl (C=O) groups excluding carboxylic acids is 1. The van der Waals surface area contributed by atoms with E-state index >= 15 is 0 Å². The summed E-state index contributed by atoms with van der Waals surface area (Å²) in [6.07, 6.45) is -0.591. The molecule has 2 saturated heterocycles. The molecule has 3 atom stereocenters. The number of morpholine rings is 1. The SMILES string of the molecule is O=C(CN1c2nc(N3C[C@@H]4C[C@H]3CO4)cc(=O)n2CC[C@H]1C(F)(F)F)c1ccc(NC2CC2)nc1. The van der Waals surface area contributed by atoms with Gasteiger partial charge in [0.25, 0.3) is 5.56 Å². The highest BCUT2D eigenvalue weighted by Gasteiger charge is 2.48. The summed E-state index contributed by atoms with van der Waals surface area (Å²) in [5.41, 5.74) is -0.221. The van der Waals surface area contributed by atoms with Gasteiger partial charge in [-0.1, -0.05) is 0 Å². The van der Waals surface area contributed by atoms with Gasteiger partial charge in [-0.15, -0.1) is 0 Å². The molecular weight excluding hydrogens is 465 g/mol. The van der Waals surface area contributed by atoms with Crippen LogP contribution in [0.4, 0.5) is 30.8 Å². The minimum atomic E-state index is -4.59. The maximum atomic E-state index is 14.0. The number of halogens is 3. The van der Waals surface area contributed by atoms with Crippen molar-refractivity contribution in [2.75, 3.05) is 34.8 Å². The van der Waals surface area contributed by atoms with Gasteiger partial charge in [-0.3, -0.25) is 14.2 Å². The number of fused-ring (bicyclic) bond motifs is 3. The highest BCUT2D eigenvalue weighted by molar-refractivity contribution is 5.99. The Labute approximate surface area is 198 Å². The van der Waals surface area contributed by atoms with Crippen LogP contribution < -0.4 is 20.7 Å². The van der Waals surface area contributed by atoms with E-state index in [4.69, 9.17) is 4.74 Å². The number of anilines is 3. The Morgan fingerprint density at radius 2 is 2.06 bits per heavy atom. The third-order valence-corrected chi connectivity index (χ3v) is 7.14. The maximum absolute atomic E-state index is 14.0. The first-order valence-electron chi connectivity index (χ1n) is 11.9. The Bertz CT molecular complexity index is 1200. The molecule has 12 heteroatoms. The average Bonchev–Trinajstić information content (AvgIpc) is 3.37. The van der Waals surface area contributed by atoms with Crippen molar-refractivity contribution in [2.24, 2.45) is 0 Å². The number of rotatable bonds is 6. The molecule has 0 radical (unpaired) electrons. The smallest absolute Gasteiger partial charge is 0.374 e. The fourth-order valence-corrected chi connectivity index (χ4v) is 5.13. The summed E-state index contributed by atoms with van der Waals surface area (Å²) in [5.74, 6) is 0.307. The van der Waals surface area contributed by atoms with Gasteiger partial charge in [-0.25, -0.2) is 4.98 Å². The number of hydrogen-bond donors (Lipinski definition) is 1. The summed E-state index contributed by atoms with van der Waals surface area (Å²) >= 11 is 0. The number of nitrogens with one attached hydrogen (secondary N) is 1. The first-order chi connectivity index (χ1) is 16.8. The van der Waals surface area contributed by atoms with Crippen molar-refractivity contribution in [1.29, 1.82) is 0 Å². The van der Waals surface area contributed by atoms with Crippen LogP contribution in [-0.4, -0.2) is 70.4 Å². The van der Waals surface area contributed by atoms with E-state index in [0.29, 0.717) is 30.8 Å². The largest absolute Gasteiger partial charge is 0.408 e. The molecule has 2 aromatic rings. The van der Waals surface area contributed by atoms with E-state index in [1.807, 2.05) is 4.90 Å². The molecule has 6 rings (SSSR count). The average molecular weight is 490 g/mol. The fourth-order valence-electron chi connectivity index (χ4n) is 5.13. The molecular formula is C23H25F3N6O3. The first kappa shape index (κ1) is 22.3. The molecule has 0 spiro atoms. The van der Waals surface area contributed by atoms with E-state index in [9.17, 15) is 22.8 Å². The van der Waals surface area contributed by atoms with E-state index in [1.54, 1.807) is 12.1 Å². The van der Waals surface area contributed by atoms with Crippen LogP contribution in [0, 0.1) is 0 Å². The summed E-state index contributed by atoms with van der Waals surface area (Å²) in [6.45, 7) is 0.354. The van der Waals surface area contributed by atoms with E-state index in [2.05, 4.69) is 15.3 Å². The second-order valence-corrected chi connectivity index (χ2v) is 9.65. The molecule has 0 amide bonds. The monoisotopic (exact) mass is 490 g/mol. The Kier molecular flexibility index (Phi) is 5.24. The molecule has 2 bridgehead atoms. The first-order valence-corrected chi connectivity index (χ1v) is 11.9. The Morgan fingerprint density at radius 1 is 1.23 bits per heavy atom. The molecule has 9 nitrogen and oxygen atoms in total. The zero-order valence-corrected chi connectivity index (χ0v) is 18.9. The third kappa shape index (κ3) is 4.24. The molecule has 186 valence electrons. The van der Waals surface area contributed by atoms with Crippen LogP contribution in [0.25, 0.3) is 0 Å². The van der Waals surface area contributed by atoms with Gasteiger partial charge >= 0.3 is 6.18 Å². The van der Waals surface area contributed by atoms with Crippen LogP contribution in [0.15, 0.2) is 29.2 Å². The molecule has 35 heavy (non-hydrogen) atoms. The van der Waals surface area contributed by atoms with Crippen molar-refractivity contribution in [3.8, 4) is 0 Å². The van der Waals surface area contributed by atoms with E-state index in [-0.39, 0.29) is 36.6 Å². The Balaban J connectivity index is 1.31. The maximum Gasteiger partial charge on any atom is 0.408 e. The topological polar surface area (TPSA) is 92.6 Å². The van der Waals surface area contributed by atoms with Gasteiger partial charge in [0.2, 0.25) is 5.95 Å². The fraction of sp³-hybridized carbons (Fsp3) is 0.565. The summed E-state index contributed by atoms with van der Waals surface area (Å²) < 4.78 is 48.9. The molecule has 3 fully saturated rings. The quantitative estimate of drug-likeness (QED) is 0.617. The van der Waals surface area contributed by atoms with Crippen LogP contribution in [0.5, 0.6) is 0 Å². The van der Waals surface area contributed by atoms with Crippen molar-refractivity contribution in [3.05, 3.63) is 40.3 Å². The zero-order valence-electron chi connectivity index (χ0n) is 18.9. The van der Waals surface area contributed by atoms with Gasteiger partial charge < -0.3 is 19.9 Å². The minimum Gasteiger partial charge on any atom is -0.374 e. The van der Waals surface area contributed by atoms with E-state index in [1.165, 1.54) is 16.8 Å². The number of ether oxygens (including phenoxy) is 1. The summed E-state index contributed by atoms with van der Waals surface area (Å²) in [4.78, 5) is 37.5. The molecule has 3 aliphatic heterocycles. The van der Waals surface area contributed by atoms with Gasteiger partial charge in [0, 0.05) is 37.0 Å². The second-order valence-electron chi connectivity index (χ2n) is 9.65. The number of alkyl halides is 3.